The fraction of sp³-hybridized carbons (Fsp3) is 0.948. The molecular weight excluding hydrogens is 839 g/mol. The lowest BCUT2D eigenvalue weighted by molar-refractivity contribution is -0.870. The van der Waals surface area contributed by atoms with Crippen LogP contribution >= 0.6 is 0 Å². The number of unbranched alkanes of at least 4 members (excludes halogenated alkanes) is 40. The summed E-state index contributed by atoms with van der Waals surface area (Å²) in [5.41, 5.74) is 0. The predicted octanol–water partition coefficient (Wildman–Crippen LogP) is 16.8. The Kier molecular flexibility index (Phi) is 49.4. The van der Waals surface area contributed by atoms with Gasteiger partial charge in [-0.05, 0) is 12.8 Å². The van der Waals surface area contributed by atoms with E-state index in [4.69, 9.17) is 18.9 Å². The van der Waals surface area contributed by atoms with Crippen LogP contribution in [0.2, 0.25) is 0 Å². The van der Waals surface area contributed by atoms with Gasteiger partial charge in [-0.2, -0.15) is 0 Å². The summed E-state index contributed by atoms with van der Waals surface area (Å²) in [5, 5.41) is 9.70. The summed E-state index contributed by atoms with van der Waals surface area (Å²) in [6, 6.07) is 0. The first-order valence-electron chi connectivity index (χ1n) is 29.2. The third-order valence-corrected chi connectivity index (χ3v) is 13.4. The molecule has 0 rings (SSSR count). The molecule has 0 saturated carbocycles. The van der Waals surface area contributed by atoms with Crippen LogP contribution in [0.25, 0.3) is 0 Å². The highest BCUT2D eigenvalue weighted by atomic mass is 16.7. The third kappa shape index (κ3) is 52.0. The molecule has 0 fully saturated rings. The summed E-state index contributed by atoms with van der Waals surface area (Å²) in [7, 11) is 5.98. The Morgan fingerprint density at radius 1 is 0.388 bits per heavy atom. The van der Waals surface area contributed by atoms with Gasteiger partial charge in [-0.25, -0.2) is 4.79 Å². The highest BCUT2D eigenvalue weighted by molar-refractivity contribution is 5.71. The molecule has 398 valence electrons. The summed E-state index contributed by atoms with van der Waals surface area (Å²) < 4.78 is 22.9. The Labute approximate surface area is 415 Å². The van der Waals surface area contributed by atoms with E-state index >= 15 is 0 Å². The van der Waals surface area contributed by atoms with E-state index in [1.54, 1.807) is 0 Å². The van der Waals surface area contributed by atoms with Crippen LogP contribution in [-0.2, 0) is 33.3 Å². The number of aliphatic carboxylic acids is 1. The normalized spacial score (nSPS) is 12.7. The van der Waals surface area contributed by atoms with Crippen molar-refractivity contribution in [2.24, 2.45) is 0 Å². The fourth-order valence-electron chi connectivity index (χ4n) is 8.84. The molecule has 0 aromatic rings. The molecule has 1 N–H and O–H groups in total. The Bertz CT molecular complexity index is 1060. The van der Waals surface area contributed by atoms with Crippen molar-refractivity contribution in [2.45, 2.75) is 309 Å². The Hall–Kier alpha value is -1.71. The van der Waals surface area contributed by atoms with Crippen molar-refractivity contribution >= 4 is 17.9 Å². The largest absolute Gasteiger partial charge is 0.477 e. The third-order valence-electron chi connectivity index (χ3n) is 13.4. The molecule has 0 aliphatic carbocycles. The number of carbonyl (C=O) groups is 3. The van der Waals surface area contributed by atoms with Crippen LogP contribution in [0.4, 0.5) is 0 Å². The summed E-state index contributed by atoms with van der Waals surface area (Å²) in [6.07, 6.45) is 53.2. The summed E-state index contributed by atoms with van der Waals surface area (Å²) >= 11 is 0. The smallest absolute Gasteiger partial charge is 0.361 e. The Morgan fingerprint density at radius 3 is 0.955 bits per heavy atom. The number of carboxylic acids is 1. The monoisotopic (exact) mass is 953 g/mol. The SMILES string of the molecule is CCCCCCCCCCCCCCCCCCCCCCCCCC(=O)OC(COC(=O)CCCCCCCCCCCCCCCCCCCCC)COC(OCC[N+](C)(C)C)C(=O)O. The van der Waals surface area contributed by atoms with Crippen molar-refractivity contribution in [2.75, 3.05) is 47.5 Å². The van der Waals surface area contributed by atoms with Gasteiger partial charge < -0.3 is 28.5 Å². The number of quaternary nitrogens is 1. The fourth-order valence-corrected chi connectivity index (χ4v) is 8.84. The minimum absolute atomic E-state index is 0.172. The maximum atomic E-state index is 12.9. The lowest BCUT2D eigenvalue weighted by atomic mass is 10.0. The molecule has 0 heterocycles. The zero-order valence-corrected chi connectivity index (χ0v) is 45.3. The van der Waals surface area contributed by atoms with E-state index in [9.17, 15) is 19.5 Å². The van der Waals surface area contributed by atoms with Crippen LogP contribution in [0.15, 0.2) is 0 Å². The second kappa shape index (κ2) is 50.7. The number of nitrogens with zero attached hydrogens (tertiary/aromatic N) is 1. The second-order valence-electron chi connectivity index (χ2n) is 21.3. The minimum Gasteiger partial charge on any atom is -0.477 e. The van der Waals surface area contributed by atoms with Crippen LogP contribution in [0.5, 0.6) is 0 Å². The first-order valence-corrected chi connectivity index (χ1v) is 29.2. The van der Waals surface area contributed by atoms with Gasteiger partial charge in [0.1, 0.15) is 13.2 Å². The Balaban J connectivity index is 4.19. The van der Waals surface area contributed by atoms with Gasteiger partial charge in [0, 0.05) is 12.8 Å². The van der Waals surface area contributed by atoms with E-state index < -0.39 is 18.4 Å². The number of hydrogen-bond donors (Lipinski definition) is 1. The zero-order valence-electron chi connectivity index (χ0n) is 45.3. The van der Waals surface area contributed by atoms with E-state index in [0.717, 1.165) is 38.5 Å². The van der Waals surface area contributed by atoms with Gasteiger partial charge in [-0.1, -0.05) is 271 Å². The molecule has 0 aliphatic heterocycles. The number of ether oxygens (including phenoxy) is 4. The molecule has 0 saturated heterocycles. The van der Waals surface area contributed by atoms with Crippen molar-refractivity contribution in [3.63, 3.8) is 0 Å². The van der Waals surface area contributed by atoms with Crippen molar-refractivity contribution in [1.29, 1.82) is 0 Å². The van der Waals surface area contributed by atoms with Gasteiger partial charge in [0.05, 0.1) is 34.4 Å². The molecule has 9 heteroatoms. The van der Waals surface area contributed by atoms with E-state index in [0.29, 0.717) is 17.4 Å². The first-order chi connectivity index (χ1) is 32.6. The molecule has 0 amide bonds. The summed E-state index contributed by atoms with van der Waals surface area (Å²) in [5.74, 6) is -1.97. The van der Waals surface area contributed by atoms with E-state index in [1.807, 2.05) is 21.1 Å². The zero-order chi connectivity index (χ0) is 49.2. The summed E-state index contributed by atoms with van der Waals surface area (Å²) in [4.78, 5) is 37.4. The van der Waals surface area contributed by atoms with Crippen molar-refractivity contribution in [1.82, 2.24) is 0 Å². The minimum atomic E-state index is -1.50. The van der Waals surface area contributed by atoms with Crippen molar-refractivity contribution in [3.05, 3.63) is 0 Å². The van der Waals surface area contributed by atoms with Crippen LogP contribution in [0.3, 0.4) is 0 Å². The van der Waals surface area contributed by atoms with E-state index in [2.05, 4.69) is 13.8 Å². The lowest BCUT2D eigenvalue weighted by Gasteiger charge is -2.25. The molecule has 9 nitrogen and oxygen atoms in total. The topological polar surface area (TPSA) is 108 Å². The van der Waals surface area contributed by atoms with Crippen LogP contribution in [0.1, 0.15) is 296 Å². The molecule has 0 aromatic heterocycles. The quantitative estimate of drug-likeness (QED) is 0.0278. The molecule has 0 bridgehead atoms. The highest BCUT2D eigenvalue weighted by Crippen LogP contribution is 2.18. The average Bonchev–Trinajstić information content (AvgIpc) is 3.29. The van der Waals surface area contributed by atoms with Gasteiger partial charge in [0.15, 0.2) is 6.10 Å². The molecular formula is C58H114NO8+. The van der Waals surface area contributed by atoms with Gasteiger partial charge in [-0.15, -0.1) is 0 Å². The first kappa shape index (κ1) is 65.3. The highest BCUT2D eigenvalue weighted by Gasteiger charge is 2.25. The molecule has 0 spiro atoms. The molecule has 2 unspecified atom stereocenters. The number of likely N-dealkylation sites (N-methyl/N-ethyl adjacent to an activating group) is 1. The van der Waals surface area contributed by atoms with E-state index in [1.165, 1.54) is 231 Å². The second-order valence-corrected chi connectivity index (χ2v) is 21.3. The molecule has 67 heavy (non-hydrogen) atoms. The maximum absolute atomic E-state index is 12.9. The standard InChI is InChI=1S/C58H113NO8/c1-6-8-10-12-14-16-18-20-22-24-26-27-28-29-31-33-35-37-39-41-43-45-47-49-56(61)67-54(53-66-58(57(62)63)64-51-50-59(3,4)5)52-65-55(60)48-46-44-42-40-38-36-34-32-30-25-23-21-19-17-15-13-11-9-7-2/h54,58H,6-53H2,1-5H3/p+1. The average molecular weight is 954 g/mol. The summed E-state index contributed by atoms with van der Waals surface area (Å²) in [6.45, 7) is 4.95. The molecule has 0 radical (unpaired) electrons. The van der Waals surface area contributed by atoms with Gasteiger partial charge in [-0.3, -0.25) is 9.59 Å². The van der Waals surface area contributed by atoms with Crippen LogP contribution < -0.4 is 0 Å². The maximum Gasteiger partial charge on any atom is 0.361 e. The van der Waals surface area contributed by atoms with Crippen LogP contribution in [-0.4, -0.2) is 87.4 Å². The van der Waals surface area contributed by atoms with E-state index in [-0.39, 0.29) is 38.2 Å². The number of esters is 2. The number of carboxylic acid groups (broad SMARTS) is 1. The predicted molar refractivity (Wildman–Crippen MR) is 282 cm³/mol. The molecule has 0 aromatic carbocycles. The van der Waals surface area contributed by atoms with Crippen molar-refractivity contribution < 1.29 is 42.9 Å². The van der Waals surface area contributed by atoms with Gasteiger partial charge >= 0.3 is 17.9 Å². The van der Waals surface area contributed by atoms with Crippen molar-refractivity contribution in [3.8, 4) is 0 Å². The molecule has 0 aliphatic rings. The van der Waals surface area contributed by atoms with Gasteiger partial charge in [0.2, 0.25) is 0 Å². The van der Waals surface area contributed by atoms with Gasteiger partial charge in [0.25, 0.3) is 6.29 Å². The number of carbonyl (C=O) groups excluding carboxylic acids is 2. The number of rotatable bonds is 55. The lowest BCUT2D eigenvalue weighted by Crippen LogP contribution is -2.40. The molecule has 2 atom stereocenters. The van der Waals surface area contributed by atoms with Crippen LogP contribution in [0, 0.1) is 0 Å². The Morgan fingerprint density at radius 2 is 0.672 bits per heavy atom. The number of hydrogen-bond acceptors (Lipinski definition) is 7.